The monoisotopic (exact) mass is 366 g/mol. The van der Waals surface area contributed by atoms with Gasteiger partial charge in [-0.05, 0) is 36.8 Å². The molecule has 3 rings (SSSR count). The van der Waals surface area contributed by atoms with E-state index in [-0.39, 0.29) is 0 Å². The van der Waals surface area contributed by atoms with Crippen LogP contribution in [-0.2, 0) is 6.54 Å². The Labute approximate surface area is 150 Å². The molecular formula is C16H16Cl2N4S. The second-order valence-corrected chi connectivity index (χ2v) is 6.43. The molecule has 0 radical (unpaired) electrons. The van der Waals surface area contributed by atoms with Crippen molar-refractivity contribution in [2.24, 2.45) is 0 Å². The maximum absolute atomic E-state index is 6.15. The van der Waals surface area contributed by atoms with E-state index in [0.29, 0.717) is 27.4 Å². The first-order valence-corrected chi connectivity index (χ1v) is 8.49. The first-order chi connectivity index (χ1) is 11.1. The van der Waals surface area contributed by atoms with E-state index < -0.39 is 0 Å². The van der Waals surface area contributed by atoms with Crippen LogP contribution in [0.25, 0.3) is 0 Å². The smallest absolute Gasteiger partial charge is 0.171 e. The molecule has 2 heterocycles. The molecule has 2 N–H and O–H groups in total. The molecule has 0 bridgehead atoms. The Balaban J connectivity index is 1.62. The fourth-order valence-electron chi connectivity index (χ4n) is 2.32. The molecule has 7 heteroatoms. The molecule has 23 heavy (non-hydrogen) atoms. The number of rotatable bonds is 4. The minimum atomic E-state index is 0.459. The van der Waals surface area contributed by atoms with E-state index in [9.17, 15) is 0 Å². The first kappa shape index (κ1) is 16.3. The zero-order valence-corrected chi connectivity index (χ0v) is 14.7. The van der Waals surface area contributed by atoms with Crippen molar-refractivity contribution >= 4 is 52.0 Å². The van der Waals surface area contributed by atoms with Crippen molar-refractivity contribution in [2.45, 2.75) is 13.0 Å². The molecule has 1 aliphatic rings. The van der Waals surface area contributed by atoms with E-state index in [1.165, 1.54) is 6.42 Å². The molecule has 0 spiro atoms. The van der Waals surface area contributed by atoms with Crippen LogP contribution in [0.1, 0.15) is 12.0 Å². The van der Waals surface area contributed by atoms with Crippen LogP contribution in [-0.4, -0.2) is 23.2 Å². The van der Waals surface area contributed by atoms with E-state index in [1.807, 2.05) is 24.4 Å². The van der Waals surface area contributed by atoms with Crippen LogP contribution >= 0.6 is 35.4 Å². The number of nitrogens with one attached hydrogen (secondary N) is 2. The second kappa shape index (κ2) is 7.34. The van der Waals surface area contributed by atoms with Gasteiger partial charge in [-0.15, -0.1) is 0 Å². The number of pyridine rings is 1. The van der Waals surface area contributed by atoms with Crippen molar-refractivity contribution in [2.75, 3.05) is 23.3 Å². The lowest BCUT2D eigenvalue weighted by Crippen LogP contribution is -2.39. The Morgan fingerprint density at radius 3 is 2.78 bits per heavy atom. The van der Waals surface area contributed by atoms with Crippen LogP contribution in [0.4, 0.5) is 11.5 Å². The molecule has 0 unspecified atom stereocenters. The number of benzene rings is 1. The van der Waals surface area contributed by atoms with Crippen LogP contribution < -0.4 is 15.5 Å². The summed E-state index contributed by atoms with van der Waals surface area (Å²) in [5.41, 5.74) is 1.80. The van der Waals surface area contributed by atoms with Gasteiger partial charge in [-0.25, -0.2) is 4.98 Å². The number of halogens is 2. The standard InChI is InChI=1S/C16H16Cl2N4S/c17-12-5-1-6-13(14(12)18)21-16(23)20-10-11-4-2-7-19-15(11)22-8-3-9-22/h1-2,4-7H,3,8-10H2,(H2,20,21,23). The molecular weight excluding hydrogens is 351 g/mol. The highest BCUT2D eigenvalue weighted by molar-refractivity contribution is 7.80. The van der Waals surface area contributed by atoms with Gasteiger partial charge in [0.25, 0.3) is 0 Å². The molecule has 1 saturated heterocycles. The fraction of sp³-hybridized carbons (Fsp3) is 0.250. The van der Waals surface area contributed by atoms with Gasteiger partial charge in [-0.1, -0.05) is 35.3 Å². The molecule has 1 aliphatic heterocycles. The zero-order valence-electron chi connectivity index (χ0n) is 12.4. The van der Waals surface area contributed by atoms with Gasteiger partial charge in [-0.3, -0.25) is 0 Å². The number of thiocarbonyl (C=S) groups is 1. The Bertz CT molecular complexity index is 719. The topological polar surface area (TPSA) is 40.2 Å². The molecule has 0 amide bonds. The minimum Gasteiger partial charge on any atom is -0.358 e. The predicted octanol–water partition coefficient (Wildman–Crippen LogP) is 4.09. The molecule has 0 saturated carbocycles. The minimum absolute atomic E-state index is 0.459. The van der Waals surface area contributed by atoms with Crippen molar-refractivity contribution in [3.05, 3.63) is 52.1 Å². The van der Waals surface area contributed by atoms with Crippen LogP contribution in [0.3, 0.4) is 0 Å². The normalized spacial score (nSPS) is 13.4. The Hall–Kier alpha value is -1.56. The lowest BCUT2D eigenvalue weighted by Gasteiger charge is -2.33. The number of hydrogen-bond donors (Lipinski definition) is 2. The van der Waals surface area contributed by atoms with Gasteiger partial charge in [0.15, 0.2) is 5.11 Å². The van der Waals surface area contributed by atoms with Gasteiger partial charge in [0.1, 0.15) is 5.82 Å². The van der Waals surface area contributed by atoms with Crippen molar-refractivity contribution in [1.29, 1.82) is 0 Å². The molecule has 1 fully saturated rings. The Morgan fingerprint density at radius 2 is 2.04 bits per heavy atom. The Kier molecular flexibility index (Phi) is 5.20. The van der Waals surface area contributed by atoms with E-state index in [0.717, 1.165) is 24.5 Å². The van der Waals surface area contributed by atoms with Crippen LogP contribution in [0.5, 0.6) is 0 Å². The van der Waals surface area contributed by atoms with E-state index >= 15 is 0 Å². The number of hydrogen-bond acceptors (Lipinski definition) is 3. The van der Waals surface area contributed by atoms with Gasteiger partial charge in [-0.2, -0.15) is 0 Å². The lowest BCUT2D eigenvalue weighted by atomic mass is 10.1. The maximum Gasteiger partial charge on any atom is 0.171 e. The van der Waals surface area contributed by atoms with Gasteiger partial charge in [0.2, 0.25) is 0 Å². The van der Waals surface area contributed by atoms with Gasteiger partial charge >= 0.3 is 0 Å². The summed E-state index contributed by atoms with van der Waals surface area (Å²) in [6, 6.07) is 9.38. The molecule has 1 aromatic heterocycles. The summed E-state index contributed by atoms with van der Waals surface area (Å²) in [5, 5.41) is 7.70. The highest BCUT2D eigenvalue weighted by Crippen LogP contribution is 2.29. The summed E-state index contributed by atoms with van der Waals surface area (Å²) >= 11 is 17.5. The summed E-state index contributed by atoms with van der Waals surface area (Å²) in [7, 11) is 0. The molecule has 4 nitrogen and oxygen atoms in total. The Morgan fingerprint density at radius 1 is 1.22 bits per heavy atom. The highest BCUT2D eigenvalue weighted by atomic mass is 35.5. The first-order valence-electron chi connectivity index (χ1n) is 7.33. The number of nitrogens with zero attached hydrogens (tertiary/aromatic N) is 2. The average molecular weight is 367 g/mol. The quantitative estimate of drug-likeness (QED) is 0.797. The summed E-state index contributed by atoms with van der Waals surface area (Å²) in [4.78, 5) is 6.74. The van der Waals surface area contributed by atoms with E-state index in [4.69, 9.17) is 35.4 Å². The predicted molar refractivity (Wildman–Crippen MR) is 101 cm³/mol. The van der Waals surface area contributed by atoms with Gasteiger partial charge in [0.05, 0.1) is 15.7 Å². The molecule has 0 atom stereocenters. The third kappa shape index (κ3) is 3.86. The number of anilines is 2. The van der Waals surface area contributed by atoms with E-state index in [2.05, 4.69) is 26.6 Å². The highest BCUT2D eigenvalue weighted by Gasteiger charge is 2.18. The van der Waals surface area contributed by atoms with Crippen LogP contribution in [0.15, 0.2) is 36.5 Å². The average Bonchev–Trinajstić information content (AvgIpc) is 2.49. The van der Waals surface area contributed by atoms with Gasteiger partial charge < -0.3 is 15.5 Å². The van der Waals surface area contributed by atoms with Crippen LogP contribution in [0.2, 0.25) is 10.0 Å². The molecule has 1 aromatic carbocycles. The lowest BCUT2D eigenvalue weighted by molar-refractivity contribution is 0.605. The van der Waals surface area contributed by atoms with E-state index in [1.54, 1.807) is 6.07 Å². The third-order valence-electron chi connectivity index (χ3n) is 3.66. The van der Waals surface area contributed by atoms with Crippen molar-refractivity contribution in [1.82, 2.24) is 10.3 Å². The van der Waals surface area contributed by atoms with Crippen LogP contribution in [0, 0.1) is 0 Å². The summed E-state index contributed by atoms with van der Waals surface area (Å²) < 4.78 is 0. The fourth-order valence-corrected chi connectivity index (χ4v) is 2.85. The summed E-state index contributed by atoms with van der Waals surface area (Å²) in [5.74, 6) is 1.02. The zero-order chi connectivity index (χ0) is 16.2. The second-order valence-electron chi connectivity index (χ2n) is 5.24. The van der Waals surface area contributed by atoms with Crippen molar-refractivity contribution < 1.29 is 0 Å². The molecule has 0 aliphatic carbocycles. The van der Waals surface area contributed by atoms with Crippen molar-refractivity contribution in [3.8, 4) is 0 Å². The third-order valence-corrected chi connectivity index (χ3v) is 4.73. The molecule has 120 valence electrons. The largest absolute Gasteiger partial charge is 0.358 e. The summed E-state index contributed by atoms with van der Waals surface area (Å²) in [6.07, 6.45) is 3.04. The van der Waals surface area contributed by atoms with Gasteiger partial charge in [0, 0.05) is 31.4 Å². The number of aromatic nitrogens is 1. The maximum atomic E-state index is 6.15. The SMILES string of the molecule is S=C(NCc1cccnc1N1CCC1)Nc1cccc(Cl)c1Cl. The summed E-state index contributed by atoms with van der Waals surface area (Å²) in [6.45, 7) is 2.72. The molecule has 2 aromatic rings. The van der Waals surface area contributed by atoms with Crippen molar-refractivity contribution in [3.63, 3.8) is 0 Å².